The van der Waals surface area contributed by atoms with E-state index in [1.807, 2.05) is 0 Å². The van der Waals surface area contributed by atoms with Gasteiger partial charge in [-0.25, -0.2) is 0 Å². The zero-order valence-corrected chi connectivity index (χ0v) is 11.2. The number of Topliss-reactive ketones (excluding diaryl/α,β-unsaturated/α-hetero) is 1. The SMILES string of the molecule is COc1ccc(Cl)cc1-c1cc(C(C)=O)nn1C. The Morgan fingerprint density at radius 2 is 2.11 bits per heavy atom. The minimum absolute atomic E-state index is 0.0714. The molecule has 0 unspecified atom stereocenters. The van der Waals surface area contributed by atoms with E-state index in [0.29, 0.717) is 16.5 Å². The number of halogens is 1. The fraction of sp³-hybridized carbons (Fsp3) is 0.231. The predicted octanol–water partition coefficient (Wildman–Crippen LogP) is 2.95. The summed E-state index contributed by atoms with van der Waals surface area (Å²) in [6.07, 6.45) is 0. The molecular formula is C13H13ClN2O2. The number of ether oxygens (including phenoxy) is 1. The Balaban J connectivity index is 2.60. The molecule has 0 fully saturated rings. The largest absolute Gasteiger partial charge is 0.496 e. The molecule has 0 saturated carbocycles. The lowest BCUT2D eigenvalue weighted by Gasteiger charge is -2.08. The standard InChI is InChI=1S/C13H13ClN2O2/c1-8(17)11-7-12(16(2)15-11)10-6-9(14)4-5-13(10)18-3/h4-7H,1-3H3. The van der Waals surface area contributed by atoms with Gasteiger partial charge in [-0.05, 0) is 24.3 Å². The summed E-state index contributed by atoms with van der Waals surface area (Å²) in [5.41, 5.74) is 2.03. The van der Waals surface area contributed by atoms with Gasteiger partial charge in [-0.15, -0.1) is 0 Å². The molecule has 18 heavy (non-hydrogen) atoms. The summed E-state index contributed by atoms with van der Waals surface area (Å²) in [7, 11) is 3.37. The van der Waals surface area contributed by atoms with Gasteiger partial charge in [0, 0.05) is 24.6 Å². The highest BCUT2D eigenvalue weighted by atomic mass is 35.5. The van der Waals surface area contributed by atoms with Gasteiger partial charge in [0.15, 0.2) is 5.78 Å². The molecule has 0 aliphatic heterocycles. The lowest BCUT2D eigenvalue weighted by Crippen LogP contribution is -1.98. The first-order valence-electron chi connectivity index (χ1n) is 5.42. The normalized spacial score (nSPS) is 10.4. The van der Waals surface area contributed by atoms with Crippen LogP contribution in [0.25, 0.3) is 11.3 Å². The van der Waals surface area contributed by atoms with E-state index in [2.05, 4.69) is 5.10 Å². The van der Waals surface area contributed by atoms with Gasteiger partial charge >= 0.3 is 0 Å². The van der Waals surface area contributed by atoms with Crippen LogP contribution in [0.5, 0.6) is 5.75 Å². The van der Waals surface area contributed by atoms with Gasteiger partial charge in [-0.2, -0.15) is 5.10 Å². The Morgan fingerprint density at radius 1 is 1.39 bits per heavy atom. The molecule has 5 heteroatoms. The predicted molar refractivity (Wildman–Crippen MR) is 70.2 cm³/mol. The van der Waals surface area contributed by atoms with Crippen molar-refractivity contribution in [1.82, 2.24) is 9.78 Å². The molecule has 0 radical (unpaired) electrons. The molecule has 2 rings (SSSR count). The summed E-state index contributed by atoms with van der Waals surface area (Å²) < 4.78 is 6.94. The van der Waals surface area contributed by atoms with Crippen LogP contribution in [0.1, 0.15) is 17.4 Å². The van der Waals surface area contributed by atoms with Crippen LogP contribution in [0.2, 0.25) is 5.02 Å². The van der Waals surface area contributed by atoms with Gasteiger partial charge in [0.1, 0.15) is 11.4 Å². The van der Waals surface area contributed by atoms with Gasteiger partial charge in [0.25, 0.3) is 0 Å². The molecule has 4 nitrogen and oxygen atoms in total. The lowest BCUT2D eigenvalue weighted by molar-refractivity contribution is 0.101. The van der Waals surface area contributed by atoms with E-state index in [-0.39, 0.29) is 5.78 Å². The first kappa shape index (κ1) is 12.6. The topological polar surface area (TPSA) is 44.1 Å². The van der Waals surface area contributed by atoms with Crippen molar-refractivity contribution >= 4 is 17.4 Å². The van der Waals surface area contributed by atoms with Crippen molar-refractivity contribution in [3.05, 3.63) is 35.0 Å². The van der Waals surface area contributed by atoms with E-state index in [9.17, 15) is 4.79 Å². The van der Waals surface area contributed by atoms with Crippen LogP contribution in [0.3, 0.4) is 0 Å². The highest BCUT2D eigenvalue weighted by Crippen LogP contribution is 2.32. The van der Waals surface area contributed by atoms with Crippen molar-refractivity contribution in [3.63, 3.8) is 0 Å². The monoisotopic (exact) mass is 264 g/mol. The third-order valence-electron chi connectivity index (χ3n) is 2.68. The van der Waals surface area contributed by atoms with Crippen molar-refractivity contribution in [2.24, 2.45) is 7.05 Å². The van der Waals surface area contributed by atoms with E-state index in [1.54, 1.807) is 43.1 Å². The van der Waals surface area contributed by atoms with E-state index < -0.39 is 0 Å². The number of nitrogens with zero attached hydrogens (tertiary/aromatic N) is 2. The smallest absolute Gasteiger partial charge is 0.180 e. The molecule has 94 valence electrons. The molecule has 0 bridgehead atoms. The molecule has 0 spiro atoms. The number of hydrogen-bond donors (Lipinski definition) is 0. The van der Waals surface area contributed by atoms with Crippen molar-refractivity contribution in [2.75, 3.05) is 7.11 Å². The molecule has 1 aromatic carbocycles. The highest BCUT2D eigenvalue weighted by Gasteiger charge is 2.14. The second-order valence-electron chi connectivity index (χ2n) is 3.94. The third-order valence-corrected chi connectivity index (χ3v) is 2.91. The maximum atomic E-state index is 11.3. The maximum Gasteiger partial charge on any atom is 0.180 e. The van der Waals surface area contributed by atoms with Crippen molar-refractivity contribution in [1.29, 1.82) is 0 Å². The van der Waals surface area contributed by atoms with Crippen LogP contribution >= 0.6 is 11.6 Å². The molecule has 2 aromatic rings. The molecule has 1 aromatic heterocycles. The highest BCUT2D eigenvalue weighted by molar-refractivity contribution is 6.31. The minimum atomic E-state index is -0.0714. The van der Waals surface area contributed by atoms with Crippen LogP contribution in [0.15, 0.2) is 24.3 Å². The van der Waals surface area contributed by atoms with Gasteiger partial charge in [0.2, 0.25) is 0 Å². The van der Waals surface area contributed by atoms with E-state index in [0.717, 1.165) is 11.3 Å². The van der Waals surface area contributed by atoms with Crippen molar-refractivity contribution < 1.29 is 9.53 Å². The molecule has 0 aliphatic rings. The zero-order valence-electron chi connectivity index (χ0n) is 10.4. The molecule has 0 aliphatic carbocycles. The summed E-state index contributed by atoms with van der Waals surface area (Å²) in [5, 5.41) is 4.77. The summed E-state index contributed by atoms with van der Waals surface area (Å²) >= 11 is 5.99. The second kappa shape index (κ2) is 4.82. The summed E-state index contributed by atoms with van der Waals surface area (Å²) in [5.74, 6) is 0.621. The van der Waals surface area contributed by atoms with Gasteiger partial charge in [-0.1, -0.05) is 11.6 Å². The maximum absolute atomic E-state index is 11.3. The molecule has 0 atom stereocenters. The Bertz CT molecular complexity index is 605. The summed E-state index contributed by atoms with van der Waals surface area (Å²) in [6.45, 7) is 1.49. The average molecular weight is 265 g/mol. The van der Waals surface area contributed by atoms with Gasteiger partial charge in [0.05, 0.1) is 12.8 Å². The fourth-order valence-electron chi connectivity index (χ4n) is 1.77. The zero-order chi connectivity index (χ0) is 13.3. The van der Waals surface area contributed by atoms with Crippen LogP contribution in [0, 0.1) is 0 Å². The molecule has 0 saturated heterocycles. The Hall–Kier alpha value is -1.81. The molecule has 1 heterocycles. The van der Waals surface area contributed by atoms with Crippen LogP contribution in [-0.4, -0.2) is 22.7 Å². The number of aromatic nitrogens is 2. The third kappa shape index (κ3) is 2.24. The van der Waals surface area contributed by atoms with Gasteiger partial charge < -0.3 is 4.74 Å². The quantitative estimate of drug-likeness (QED) is 0.801. The number of ketones is 1. The summed E-state index contributed by atoms with van der Waals surface area (Å²) in [4.78, 5) is 11.3. The number of aryl methyl sites for hydroxylation is 1. The number of carbonyl (C=O) groups is 1. The van der Waals surface area contributed by atoms with E-state index >= 15 is 0 Å². The Morgan fingerprint density at radius 3 is 2.67 bits per heavy atom. The Kier molecular flexibility index (Phi) is 3.39. The first-order valence-corrected chi connectivity index (χ1v) is 5.79. The molecule has 0 amide bonds. The van der Waals surface area contributed by atoms with E-state index in [1.165, 1.54) is 6.92 Å². The number of carbonyl (C=O) groups excluding carboxylic acids is 1. The van der Waals surface area contributed by atoms with Crippen LogP contribution < -0.4 is 4.74 Å². The Labute approximate surface area is 110 Å². The average Bonchev–Trinajstić information content (AvgIpc) is 2.71. The lowest BCUT2D eigenvalue weighted by atomic mass is 10.1. The molecule has 0 N–H and O–H groups in total. The molecular weight excluding hydrogens is 252 g/mol. The van der Waals surface area contributed by atoms with Crippen molar-refractivity contribution in [3.8, 4) is 17.0 Å². The fourth-order valence-corrected chi connectivity index (χ4v) is 1.94. The van der Waals surface area contributed by atoms with Crippen LogP contribution in [-0.2, 0) is 7.05 Å². The van der Waals surface area contributed by atoms with E-state index in [4.69, 9.17) is 16.3 Å². The van der Waals surface area contributed by atoms with Crippen molar-refractivity contribution in [2.45, 2.75) is 6.92 Å². The number of methoxy groups -OCH3 is 1. The minimum Gasteiger partial charge on any atom is -0.496 e. The number of benzene rings is 1. The number of rotatable bonds is 3. The summed E-state index contributed by atoms with van der Waals surface area (Å²) in [6, 6.07) is 7.07. The van der Waals surface area contributed by atoms with Crippen LogP contribution in [0.4, 0.5) is 0 Å². The first-order chi connectivity index (χ1) is 8.52. The van der Waals surface area contributed by atoms with Gasteiger partial charge in [-0.3, -0.25) is 9.48 Å². The second-order valence-corrected chi connectivity index (χ2v) is 4.38. The number of hydrogen-bond acceptors (Lipinski definition) is 3.